The van der Waals surface area contributed by atoms with Crippen LogP contribution in [0.1, 0.15) is 39.4 Å². The zero-order chi connectivity index (χ0) is 23.9. The molecule has 172 valence electrons. The number of fused-ring (bicyclic) bond motifs is 5. The van der Waals surface area contributed by atoms with Gasteiger partial charge >= 0.3 is 0 Å². The van der Waals surface area contributed by atoms with E-state index >= 15 is 0 Å². The Morgan fingerprint density at radius 3 is 2.74 bits per heavy atom. The Morgan fingerprint density at radius 2 is 1.86 bits per heavy atom. The molecular weight excluding hydrogens is 450 g/mol. The van der Waals surface area contributed by atoms with Crippen molar-refractivity contribution in [3.05, 3.63) is 129 Å². The average molecular weight is 476 g/mol. The molecule has 0 bridgehead atoms. The van der Waals surface area contributed by atoms with Crippen LogP contribution in [0, 0.1) is 12.8 Å². The molecule has 2 nitrogen and oxygen atoms in total. The maximum atomic E-state index is 13.9. The summed E-state index contributed by atoms with van der Waals surface area (Å²) in [6, 6.07) is 18.7. The molecule has 1 heterocycles. The minimum Gasteiger partial charge on any atom is -0.364 e. The predicted octanol–water partition coefficient (Wildman–Crippen LogP) is 5.98. The Hall–Kier alpha value is -3.62. The number of aryl methyl sites for hydroxylation is 1. The smallest absolute Gasteiger partial charge is 0.170 e. The number of Topliss-reactive ketones (excluding diaryl/α,β-unsaturated/α-hetero) is 1. The van der Waals surface area contributed by atoms with E-state index in [4.69, 9.17) is 11.6 Å². The molecule has 0 radical (unpaired) electrons. The molecule has 2 atom stereocenters. The van der Waals surface area contributed by atoms with Gasteiger partial charge in [-0.1, -0.05) is 72.3 Å². The summed E-state index contributed by atoms with van der Waals surface area (Å²) in [6.07, 6.45) is 16.4. The van der Waals surface area contributed by atoms with Gasteiger partial charge in [-0.25, -0.2) is 0 Å². The molecule has 6 rings (SSSR count). The van der Waals surface area contributed by atoms with Gasteiger partial charge in [-0.15, -0.1) is 0 Å². The summed E-state index contributed by atoms with van der Waals surface area (Å²) in [6.45, 7) is 1.96. The number of ketones is 1. The van der Waals surface area contributed by atoms with E-state index in [0.29, 0.717) is 5.02 Å². The highest BCUT2D eigenvalue weighted by Gasteiger charge is 2.31. The molecule has 2 unspecified atom stereocenters. The summed E-state index contributed by atoms with van der Waals surface area (Å²) in [7, 11) is 0. The SMILES string of the molecule is Cc1cc(Cl)ccc1C(=O)C1C=c2c(ccc3c2=CCc2ccccc2-3)C(C2=CC=CC=CN2)C1. The number of hydrogen-bond donors (Lipinski definition) is 1. The van der Waals surface area contributed by atoms with Crippen molar-refractivity contribution in [2.24, 2.45) is 5.92 Å². The Balaban J connectivity index is 1.55. The van der Waals surface area contributed by atoms with Gasteiger partial charge in [0.1, 0.15) is 0 Å². The lowest BCUT2D eigenvalue weighted by molar-refractivity contribution is 0.0943. The summed E-state index contributed by atoms with van der Waals surface area (Å²) in [5.74, 6) is 0.0344. The lowest BCUT2D eigenvalue weighted by Crippen LogP contribution is -2.40. The number of carbonyl (C=O) groups is 1. The monoisotopic (exact) mass is 475 g/mol. The van der Waals surface area contributed by atoms with E-state index in [1.165, 1.54) is 32.7 Å². The van der Waals surface area contributed by atoms with E-state index in [1.807, 2.05) is 43.5 Å². The van der Waals surface area contributed by atoms with E-state index < -0.39 is 0 Å². The minimum atomic E-state index is -0.219. The molecule has 1 aliphatic heterocycles. The highest BCUT2D eigenvalue weighted by molar-refractivity contribution is 6.30. The van der Waals surface area contributed by atoms with Gasteiger partial charge in [-0.3, -0.25) is 4.79 Å². The van der Waals surface area contributed by atoms with Crippen molar-refractivity contribution in [1.82, 2.24) is 5.32 Å². The first-order valence-electron chi connectivity index (χ1n) is 12.1. The lowest BCUT2D eigenvalue weighted by atomic mass is 9.75. The molecule has 3 aromatic rings. The Bertz CT molecular complexity index is 1570. The Kier molecular flexibility index (Phi) is 5.54. The Labute approximate surface area is 210 Å². The number of halogens is 1. The molecule has 3 aliphatic rings. The molecule has 0 amide bonds. The number of hydrogen-bond acceptors (Lipinski definition) is 2. The van der Waals surface area contributed by atoms with Crippen LogP contribution in [0.2, 0.25) is 5.02 Å². The molecule has 0 saturated carbocycles. The molecule has 35 heavy (non-hydrogen) atoms. The van der Waals surface area contributed by atoms with Crippen molar-refractivity contribution >= 4 is 29.5 Å². The molecular formula is C32H26ClNO. The second-order valence-corrected chi connectivity index (χ2v) is 9.93. The molecule has 2 aliphatic carbocycles. The third-order valence-electron chi connectivity index (χ3n) is 7.40. The van der Waals surface area contributed by atoms with Crippen LogP contribution in [-0.4, -0.2) is 5.78 Å². The average Bonchev–Trinajstić information content (AvgIpc) is 3.17. The maximum Gasteiger partial charge on any atom is 0.170 e. The van der Waals surface area contributed by atoms with Crippen molar-refractivity contribution in [1.29, 1.82) is 0 Å². The standard InChI is InChI=1S/C32H26ClNO/c1-20-17-23(33)11-13-24(20)32(35)22-18-29-27-12-10-21-7-4-5-8-25(21)26(27)14-15-28(29)30(19-22)31-9-3-2-6-16-34-31/h2-9,11-18,22,30,34H,10,19H2,1H3. The van der Waals surface area contributed by atoms with Crippen molar-refractivity contribution in [3.63, 3.8) is 0 Å². The first-order chi connectivity index (χ1) is 17.1. The fourth-order valence-electron chi connectivity index (χ4n) is 5.69. The zero-order valence-corrected chi connectivity index (χ0v) is 20.3. The van der Waals surface area contributed by atoms with E-state index in [1.54, 1.807) is 0 Å². The van der Waals surface area contributed by atoms with Crippen molar-refractivity contribution < 1.29 is 4.79 Å². The molecule has 0 saturated heterocycles. The summed E-state index contributed by atoms with van der Waals surface area (Å²) in [5.41, 5.74) is 7.95. The number of carbonyl (C=O) groups excluding carboxylic acids is 1. The predicted molar refractivity (Wildman–Crippen MR) is 145 cm³/mol. The van der Waals surface area contributed by atoms with Gasteiger partial charge in [0.05, 0.1) is 0 Å². The quantitative estimate of drug-likeness (QED) is 0.472. The minimum absolute atomic E-state index is 0.0971. The highest BCUT2D eigenvalue weighted by Crippen LogP contribution is 2.35. The zero-order valence-electron chi connectivity index (χ0n) is 19.6. The largest absolute Gasteiger partial charge is 0.364 e. The van der Waals surface area contributed by atoms with Gasteiger partial charge in [0.15, 0.2) is 5.78 Å². The highest BCUT2D eigenvalue weighted by atomic mass is 35.5. The first-order valence-corrected chi connectivity index (χ1v) is 12.5. The van der Waals surface area contributed by atoms with Crippen LogP contribution in [0.3, 0.4) is 0 Å². The third-order valence-corrected chi connectivity index (χ3v) is 7.63. The van der Waals surface area contributed by atoms with Gasteiger partial charge in [0, 0.05) is 34.3 Å². The van der Waals surface area contributed by atoms with Gasteiger partial charge in [0.2, 0.25) is 0 Å². The third kappa shape index (κ3) is 3.88. The van der Waals surface area contributed by atoms with E-state index in [-0.39, 0.29) is 17.6 Å². The van der Waals surface area contributed by atoms with Crippen LogP contribution in [0.5, 0.6) is 0 Å². The van der Waals surface area contributed by atoms with Crippen molar-refractivity contribution in [2.75, 3.05) is 0 Å². The number of allylic oxidation sites excluding steroid dienone is 5. The molecule has 0 spiro atoms. The molecule has 0 fully saturated rings. The van der Waals surface area contributed by atoms with Crippen LogP contribution in [-0.2, 0) is 6.42 Å². The normalized spacial score (nSPS) is 19.7. The molecule has 3 aromatic carbocycles. The van der Waals surface area contributed by atoms with Gasteiger partial charge in [0.25, 0.3) is 0 Å². The van der Waals surface area contributed by atoms with Crippen molar-refractivity contribution in [3.8, 4) is 11.1 Å². The lowest BCUT2D eigenvalue weighted by Gasteiger charge is -2.30. The topological polar surface area (TPSA) is 29.1 Å². The summed E-state index contributed by atoms with van der Waals surface area (Å²) < 4.78 is 0. The van der Waals surface area contributed by atoms with E-state index in [0.717, 1.165) is 29.7 Å². The maximum absolute atomic E-state index is 13.9. The van der Waals surface area contributed by atoms with Crippen molar-refractivity contribution in [2.45, 2.75) is 25.7 Å². The molecule has 1 N–H and O–H groups in total. The van der Waals surface area contributed by atoms with Gasteiger partial charge in [-0.05, 0) is 88.4 Å². The molecule has 0 aromatic heterocycles. The number of nitrogens with one attached hydrogen (secondary N) is 1. The number of benzene rings is 3. The summed E-state index contributed by atoms with van der Waals surface area (Å²) >= 11 is 6.18. The fourth-order valence-corrected chi connectivity index (χ4v) is 5.92. The second kappa shape index (κ2) is 8.87. The second-order valence-electron chi connectivity index (χ2n) is 9.49. The fraction of sp³-hybridized carbons (Fsp3) is 0.156. The summed E-state index contributed by atoms with van der Waals surface area (Å²) in [4.78, 5) is 13.9. The Morgan fingerprint density at radius 1 is 0.971 bits per heavy atom. The van der Waals surface area contributed by atoms with Crippen LogP contribution < -0.4 is 15.8 Å². The van der Waals surface area contributed by atoms with Crippen LogP contribution in [0.25, 0.3) is 23.3 Å². The molecule has 3 heteroatoms. The van der Waals surface area contributed by atoms with Crippen LogP contribution >= 0.6 is 11.6 Å². The van der Waals surface area contributed by atoms with Crippen LogP contribution in [0.4, 0.5) is 0 Å². The van der Waals surface area contributed by atoms with E-state index in [2.05, 4.69) is 66.0 Å². The van der Waals surface area contributed by atoms with Gasteiger partial charge in [-0.2, -0.15) is 0 Å². The first kappa shape index (κ1) is 21.9. The van der Waals surface area contributed by atoms with Gasteiger partial charge < -0.3 is 5.32 Å². The van der Waals surface area contributed by atoms with E-state index in [9.17, 15) is 4.79 Å². The summed E-state index contributed by atoms with van der Waals surface area (Å²) in [5, 5.41) is 6.57. The van der Waals surface area contributed by atoms with Crippen LogP contribution in [0.15, 0.2) is 90.8 Å². The number of rotatable bonds is 3.